The first-order valence-electron chi connectivity index (χ1n) is 13.4. The summed E-state index contributed by atoms with van der Waals surface area (Å²) in [5.74, 6) is 1.28. The molecule has 3 unspecified atom stereocenters. The minimum absolute atomic E-state index is 0.0962. The van der Waals surface area contributed by atoms with Crippen LogP contribution in [-0.2, 0) is 16.1 Å². The minimum atomic E-state index is -0.715. The van der Waals surface area contributed by atoms with Gasteiger partial charge in [-0.15, -0.1) is 0 Å². The fourth-order valence-corrected chi connectivity index (χ4v) is 8.12. The largest absolute Gasteiger partial charge is 0.393 e. The van der Waals surface area contributed by atoms with Crippen molar-refractivity contribution in [2.24, 2.45) is 17.8 Å². The molecule has 0 aromatic carbocycles. The van der Waals surface area contributed by atoms with Crippen LogP contribution in [0.15, 0.2) is 12.3 Å². The molecule has 5 saturated carbocycles. The average Bonchev–Trinajstić information content (AvgIpc) is 3.44. The van der Waals surface area contributed by atoms with Gasteiger partial charge >= 0.3 is 11.8 Å². The Balaban J connectivity index is 1.19. The first kappa shape index (κ1) is 22.4. The molecule has 4 bridgehead atoms. The van der Waals surface area contributed by atoms with E-state index in [1.165, 1.54) is 0 Å². The van der Waals surface area contributed by atoms with Crippen molar-refractivity contribution in [2.75, 3.05) is 10.6 Å². The molecular formula is C26H34N6O4. The molecule has 192 valence electrons. The molecule has 5 fully saturated rings. The van der Waals surface area contributed by atoms with Gasteiger partial charge in [0.25, 0.3) is 0 Å². The third-order valence-electron chi connectivity index (χ3n) is 9.40. The number of amides is 2. The highest BCUT2D eigenvalue weighted by atomic mass is 16.3. The number of H-pyrrole nitrogens is 1. The van der Waals surface area contributed by atoms with Gasteiger partial charge in [-0.3, -0.25) is 14.3 Å². The van der Waals surface area contributed by atoms with E-state index in [9.17, 15) is 19.8 Å². The maximum absolute atomic E-state index is 12.9. The van der Waals surface area contributed by atoms with Crippen LogP contribution in [0.5, 0.6) is 0 Å². The van der Waals surface area contributed by atoms with Crippen molar-refractivity contribution >= 4 is 23.5 Å². The number of fused-ring (bicyclic) bond motifs is 3. The second kappa shape index (κ2) is 8.08. The summed E-state index contributed by atoms with van der Waals surface area (Å²) in [5, 5.41) is 34.8. The number of aliphatic hydroxyl groups is 2. The predicted octanol–water partition coefficient (Wildman–Crippen LogP) is 2.27. The van der Waals surface area contributed by atoms with E-state index < -0.39 is 17.4 Å². The summed E-state index contributed by atoms with van der Waals surface area (Å²) in [6.07, 6.45) is 8.93. The summed E-state index contributed by atoms with van der Waals surface area (Å²) >= 11 is 0. The highest BCUT2D eigenvalue weighted by Gasteiger charge is 2.56. The molecule has 3 heterocycles. The van der Waals surface area contributed by atoms with E-state index in [0.717, 1.165) is 54.7 Å². The zero-order valence-corrected chi connectivity index (χ0v) is 20.3. The first-order valence-corrected chi connectivity index (χ1v) is 13.4. The Hall–Kier alpha value is -2.85. The van der Waals surface area contributed by atoms with E-state index in [-0.39, 0.29) is 18.2 Å². The van der Waals surface area contributed by atoms with Crippen LogP contribution in [0, 0.1) is 17.8 Å². The van der Waals surface area contributed by atoms with E-state index in [1.807, 2.05) is 12.3 Å². The number of rotatable bonds is 3. The normalized spacial score (nSPS) is 36.1. The maximum Gasteiger partial charge on any atom is 0.314 e. The number of nitrogens with zero attached hydrogens (tertiary/aromatic N) is 2. The van der Waals surface area contributed by atoms with Crippen molar-refractivity contribution in [2.45, 2.75) is 88.1 Å². The highest BCUT2D eigenvalue weighted by molar-refractivity contribution is 6.39. The number of carbonyl (C=O) groups is 2. The van der Waals surface area contributed by atoms with Crippen LogP contribution >= 0.6 is 0 Å². The molecule has 2 amide bonds. The summed E-state index contributed by atoms with van der Waals surface area (Å²) in [4.78, 5) is 28.9. The molecule has 2 aromatic rings. The van der Waals surface area contributed by atoms with Crippen molar-refractivity contribution in [1.29, 1.82) is 0 Å². The standard InChI is InChI=1S/C26H34N6O4/c33-17-3-1-16(2-4-17)29-24(34)25(35)30-23-19-12-28-22-18(5-6-27-22)21(19)32(31-23)20-14-7-13-8-15(20)11-26(36,9-13)10-14/h5-6,13-17,20,27-28,33,36H,1-4,7-12H2,(H,29,34)(H,30,31,35)/t13?,14-,15+,16?,17?,20?,26?. The second-order valence-electron chi connectivity index (χ2n) is 11.9. The van der Waals surface area contributed by atoms with Crippen LogP contribution in [0.1, 0.15) is 69.4 Å². The van der Waals surface area contributed by atoms with E-state index in [0.29, 0.717) is 55.8 Å². The van der Waals surface area contributed by atoms with Crippen LogP contribution < -0.4 is 16.0 Å². The van der Waals surface area contributed by atoms with Gasteiger partial charge in [0.15, 0.2) is 5.82 Å². The lowest BCUT2D eigenvalue weighted by molar-refractivity contribution is -0.148. The van der Waals surface area contributed by atoms with Crippen molar-refractivity contribution in [3.63, 3.8) is 0 Å². The summed E-state index contributed by atoms with van der Waals surface area (Å²) < 4.78 is 2.11. The molecule has 5 atom stereocenters. The van der Waals surface area contributed by atoms with Crippen molar-refractivity contribution in [3.8, 4) is 11.3 Å². The molecule has 6 aliphatic rings. The number of carbonyl (C=O) groups excluding carboxylic acids is 2. The van der Waals surface area contributed by atoms with Gasteiger partial charge in [0.05, 0.1) is 23.4 Å². The molecule has 0 spiro atoms. The van der Waals surface area contributed by atoms with E-state index in [4.69, 9.17) is 5.10 Å². The molecule has 8 rings (SSSR count). The lowest BCUT2D eigenvalue weighted by atomic mass is 9.52. The van der Waals surface area contributed by atoms with Crippen LogP contribution in [0.2, 0.25) is 0 Å². The Morgan fingerprint density at radius 1 is 1.08 bits per heavy atom. The van der Waals surface area contributed by atoms with Gasteiger partial charge in [-0.05, 0) is 81.6 Å². The van der Waals surface area contributed by atoms with Gasteiger partial charge in [-0.2, -0.15) is 5.10 Å². The van der Waals surface area contributed by atoms with E-state index >= 15 is 0 Å². The fraction of sp³-hybridized carbons (Fsp3) is 0.654. The van der Waals surface area contributed by atoms with Crippen molar-refractivity contribution in [3.05, 3.63) is 17.8 Å². The van der Waals surface area contributed by atoms with Gasteiger partial charge < -0.3 is 31.1 Å². The number of hydrogen-bond donors (Lipinski definition) is 6. The lowest BCUT2D eigenvalue weighted by Gasteiger charge is -2.58. The van der Waals surface area contributed by atoms with Crippen molar-refractivity contribution in [1.82, 2.24) is 20.1 Å². The number of aromatic nitrogens is 3. The molecule has 2 aromatic heterocycles. The Kier molecular flexibility index (Phi) is 5.02. The summed E-state index contributed by atoms with van der Waals surface area (Å²) in [7, 11) is 0. The first-order chi connectivity index (χ1) is 17.4. The summed E-state index contributed by atoms with van der Waals surface area (Å²) in [5.41, 5.74) is 2.36. The third-order valence-corrected chi connectivity index (χ3v) is 9.40. The number of nitrogens with one attached hydrogen (secondary N) is 4. The zero-order chi connectivity index (χ0) is 24.6. The summed E-state index contributed by atoms with van der Waals surface area (Å²) in [6.45, 7) is 0.495. The number of aliphatic hydroxyl groups excluding tert-OH is 1. The SMILES string of the molecule is O=C(Nc1nn(C2[C@@H]3CC4C[C@H]2CC(O)(C4)C3)c2c1CNc1[nH]ccc1-2)C(=O)NC1CCC(O)CC1. The Labute approximate surface area is 209 Å². The lowest BCUT2D eigenvalue weighted by Crippen LogP contribution is -2.55. The molecule has 6 N–H and O–H groups in total. The molecule has 1 aliphatic heterocycles. The highest BCUT2D eigenvalue weighted by Crippen LogP contribution is 2.60. The van der Waals surface area contributed by atoms with Crippen LogP contribution in [0.4, 0.5) is 11.6 Å². The Morgan fingerprint density at radius 2 is 1.83 bits per heavy atom. The molecular weight excluding hydrogens is 460 g/mol. The minimum Gasteiger partial charge on any atom is -0.393 e. The smallest absolute Gasteiger partial charge is 0.314 e. The monoisotopic (exact) mass is 494 g/mol. The van der Waals surface area contributed by atoms with Crippen molar-refractivity contribution < 1.29 is 19.8 Å². The molecule has 36 heavy (non-hydrogen) atoms. The Bertz CT molecular complexity index is 1200. The molecule has 10 nitrogen and oxygen atoms in total. The quantitative estimate of drug-likeness (QED) is 0.361. The average molecular weight is 495 g/mol. The maximum atomic E-state index is 12.9. The van der Waals surface area contributed by atoms with Gasteiger partial charge in [-0.25, -0.2) is 0 Å². The van der Waals surface area contributed by atoms with Gasteiger partial charge in [-0.1, -0.05) is 0 Å². The molecule has 0 radical (unpaired) electrons. The second-order valence-corrected chi connectivity index (χ2v) is 11.9. The molecule has 0 saturated heterocycles. The van der Waals surface area contributed by atoms with Crippen LogP contribution in [0.25, 0.3) is 11.3 Å². The third kappa shape index (κ3) is 3.56. The van der Waals surface area contributed by atoms with Gasteiger partial charge in [0, 0.05) is 29.9 Å². The fourth-order valence-electron chi connectivity index (χ4n) is 8.12. The Morgan fingerprint density at radius 3 is 2.56 bits per heavy atom. The number of anilines is 2. The molecule has 10 heteroatoms. The van der Waals surface area contributed by atoms with Crippen LogP contribution in [0.3, 0.4) is 0 Å². The number of aromatic amines is 1. The zero-order valence-electron chi connectivity index (χ0n) is 20.3. The number of hydrogen-bond acceptors (Lipinski definition) is 6. The van der Waals surface area contributed by atoms with Gasteiger partial charge in [0.1, 0.15) is 5.82 Å². The van der Waals surface area contributed by atoms with E-state index in [2.05, 4.69) is 25.6 Å². The van der Waals surface area contributed by atoms with Crippen LogP contribution in [-0.4, -0.2) is 54.5 Å². The van der Waals surface area contributed by atoms with Gasteiger partial charge in [0.2, 0.25) is 0 Å². The topological polar surface area (TPSA) is 144 Å². The summed E-state index contributed by atoms with van der Waals surface area (Å²) in [6, 6.07) is 2.10. The van der Waals surface area contributed by atoms with E-state index in [1.54, 1.807) is 0 Å². The molecule has 5 aliphatic carbocycles. The predicted molar refractivity (Wildman–Crippen MR) is 132 cm³/mol.